The zero-order valence-electron chi connectivity index (χ0n) is 17.2. The van der Waals surface area contributed by atoms with Gasteiger partial charge in [-0.2, -0.15) is 0 Å². The zero-order chi connectivity index (χ0) is 21.5. The van der Waals surface area contributed by atoms with E-state index in [1.165, 1.54) is 0 Å². The van der Waals surface area contributed by atoms with Crippen LogP contribution in [0.5, 0.6) is 0 Å². The number of hydrogen-bond acceptors (Lipinski definition) is 3. The van der Waals surface area contributed by atoms with Crippen molar-refractivity contribution >= 4 is 40.2 Å². The number of rotatable bonds is 3. The van der Waals surface area contributed by atoms with E-state index in [2.05, 4.69) is 15.2 Å². The molecule has 1 amide bonds. The molecule has 6 heteroatoms. The molecule has 5 rings (SSSR count). The maximum atomic E-state index is 13.5. The molecule has 0 aliphatic carbocycles. The molecule has 3 aromatic carbocycles. The molecule has 0 radical (unpaired) electrons. The Morgan fingerprint density at radius 2 is 1.71 bits per heavy atom. The highest BCUT2D eigenvalue weighted by atomic mass is 35.5. The van der Waals surface area contributed by atoms with E-state index >= 15 is 0 Å². The molecule has 2 heterocycles. The molecule has 0 saturated heterocycles. The molecule has 1 aliphatic rings. The topological polar surface area (TPSA) is 59.0 Å². The number of nitrogens with zero attached hydrogens (tertiary/aromatic N) is 2. The van der Waals surface area contributed by atoms with E-state index in [0.717, 1.165) is 33.5 Å². The summed E-state index contributed by atoms with van der Waals surface area (Å²) in [5, 5.41) is 7.04. The SMILES string of the molecule is CC1=C(C(=O)Nc2ccc(C)cc2)C(c2ccc(Cl)cc2)n2c(nc3ccccc32)N1. The first kappa shape index (κ1) is 19.4. The lowest BCUT2D eigenvalue weighted by atomic mass is 9.94. The summed E-state index contributed by atoms with van der Waals surface area (Å²) in [7, 11) is 0. The highest BCUT2D eigenvalue weighted by molar-refractivity contribution is 6.30. The Morgan fingerprint density at radius 1 is 1.00 bits per heavy atom. The van der Waals surface area contributed by atoms with Crippen LogP contribution in [0.2, 0.25) is 5.02 Å². The Hall–Kier alpha value is -3.57. The van der Waals surface area contributed by atoms with Crippen LogP contribution in [0.4, 0.5) is 11.6 Å². The van der Waals surface area contributed by atoms with Gasteiger partial charge in [0.15, 0.2) is 0 Å². The van der Waals surface area contributed by atoms with Gasteiger partial charge in [-0.05, 0) is 55.8 Å². The molecule has 5 nitrogen and oxygen atoms in total. The smallest absolute Gasteiger partial charge is 0.255 e. The maximum Gasteiger partial charge on any atom is 0.255 e. The number of carbonyl (C=O) groups excluding carboxylic acids is 1. The molecule has 1 aliphatic heterocycles. The molecular formula is C25H21ClN4O. The number of para-hydroxylation sites is 2. The van der Waals surface area contributed by atoms with Gasteiger partial charge in [0, 0.05) is 16.4 Å². The average Bonchev–Trinajstić information content (AvgIpc) is 3.13. The van der Waals surface area contributed by atoms with Gasteiger partial charge in [0.1, 0.15) is 0 Å². The second-order valence-electron chi connectivity index (χ2n) is 7.73. The van der Waals surface area contributed by atoms with Gasteiger partial charge >= 0.3 is 0 Å². The van der Waals surface area contributed by atoms with Crippen molar-refractivity contribution in [3.63, 3.8) is 0 Å². The van der Waals surface area contributed by atoms with Gasteiger partial charge in [0.05, 0.1) is 22.6 Å². The lowest BCUT2D eigenvalue weighted by Gasteiger charge is -2.30. The van der Waals surface area contributed by atoms with Crippen molar-refractivity contribution in [3.8, 4) is 0 Å². The van der Waals surface area contributed by atoms with Crippen molar-refractivity contribution in [1.29, 1.82) is 0 Å². The van der Waals surface area contributed by atoms with Crippen LogP contribution in [-0.4, -0.2) is 15.5 Å². The number of anilines is 2. The molecule has 4 aromatic rings. The number of amides is 1. The fourth-order valence-corrected chi connectivity index (χ4v) is 4.18. The van der Waals surface area contributed by atoms with Crippen molar-refractivity contribution in [2.24, 2.45) is 0 Å². The van der Waals surface area contributed by atoms with Crippen LogP contribution in [0.15, 0.2) is 84.1 Å². The Kier molecular flexibility index (Phi) is 4.75. The Bertz CT molecular complexity index is 1320. The van der Waals surface area contributed by atoms with E-state index < -0.39 is 0 Å². The van der Waals surface area contributed by atoms with E-state index in [9.17, 15) is 4.79 Å². The summed E-state index contributed by atoms with van der Waals surface area (Å²) < 4.78 is 2.08. The molecule has 0 fully saturated rings. The van der Waals surface area contributed by atoms with E-state index in [1.54, 1.807) is 0 Å². The highest BCUT2D eigenvalue weighted by Crippen LogP contribution is 2.39. The second-order valence-corrected chi connectivity index (χ2v) is 8.17. The van der Waals surface area contributed by atoms with E-state index in [0.29, 0.717) is 16.5 Å². The first-order valence-corrected chi connectivity index (χ1v) is 10.5. The summed E-state index contributed by atoms with van der Waals surface area (Å²) >= 11 is 6.15. The van der Waals surface area contributed by atoms with Crippen LogP contribution in [0, 0.1) is 6.92 Å². The number of hydrogen-bond donors (Lipinski definition) is 2. The van der Waals surface area contributed by atoms with Crippen LogP contribution in [0.1, 0.15) is 24.1 Å². The number of aromatic nitrogens is 2. The van der Waals surface area contributed by atoms with Crippen LogP contribution in [0.3, 0.4) is 0 Å². The molecule has 1 aromatic heterocycles. The fourth-order valence-electron chi connectivity index (χ4n) is 4.05. The summed E-state index contributed by atoms with van der Waals surface area (Å²) in [6, 6.07) is 23.0. The molecule has 0 saturated carbocycles. The number of imidazole rings is 1. The molecule has 31 heavy (non-hydrogen) atoms. The number of aryl methyl sites for hydroxylation is 1. The predicted molar refractivity (Wildman–Crippen MR) is 125 cm³/mol. The number of benzene rings is 3. The number of allylic oxidation sites excluding steroid dienone is 1. The first-order valence-electron chi connectivity index (χ1n) is 10.1. The van der Waals surface area contributed by atoms with Crippen molar-refractivity contribution in [3.05, 3.63) is 100 Å². The zero-order valence-corrected chi connectivity index (χ0v) is 17.9. The van der Waals surface area contributed by atoms with Gasteiger partial charge in [0.2, 0.25) is 5.95 Å². The van der Waals surface area contributed by atoms with Crippen LogP contribution in [0.25, 0.3) is 11.0 Å². The molecule has 2 N–H and O–H groups in total. The summed E-state index contributed by atoms with van der Waals surface area (Å²) in [5.74, 6) is 0.558. The van der Waals surface area contributed by atoms with Gasteiger partial charge < -0.3 is 10.6 Å². The summed E-state index contributed by atoms with van der Waals surface area (Å²) in [5.41, 5.74) is 6.10. The lowest BCUT2D eigenvalue weighted by molar-refractivity contribution is -0.113. The second kappa shape index (κ2) is 7.60. The minimum Gasteiger partial charge on any atom is -0.329 e. The van der Waals surface area contributed by atoms with E-state index in [1.807, 2.05) is 86.6 Å². The molecule has 1 atom stereocenters. The van der Waals surface area contributed by atoms with Gasteiger partial charge in [-0.3, -0.25) is 9.36 Å². The largest absolute Gasteiger partial charge is 0.329 e. The van der Waals surface area contributed by atoms with Crippen molar-refractivity contribution < 1.29 is 4.79 Å². The van der Waals surface area contributed by atoms with Crippen molar-refractivity contribution in [2.75, 3.05) is 10.6 Å². The van der Waals surface area contributed by atoms with Crippen molar-refractivity contribution in [2.45, 2.75) is 19.9 Å². The Balaban J connectivity index is 1.65. The van der Waals surface area contributed by atoms with Crippen LogP contribution in [-0.2, 0) is 4.79 Å². The van der Waals surface area contributed by atoms with Gasteiger partial charge in [0.25, 0.3) is 5.91 Å². The number of carbonyl (C=O) groups is 1. The average molecular weight is 429 g/mol. The van der Waals surface area contributed by atoms with Gasteiger partial charge in [-0.25, -0.2) is 4.98 Å². The van der Waals surface area contributed by atoms with Gasteiger partial charge in [-0.15, -0.1) is 0 Å². The first-order chi connectivity index (χ1) is 15.0. The van der Waals surface area contributed by atoms with E-state index in [-0.39, 0.29) is 11.9 Å². The lowest BCUT2D eigenvalue weighted by Crippen LogP contribution is -2.30. The molecule has 154 valence electrons. The monoisotopic (exact) mass is 428 g/mol. The number of fused-ring (bicyclic) bond motifs is 3. The van der Waals surface area contributed by atoms with Crippen LogP contribution >= 0.6 is 11.6 Å². The molecule has 0 bridgehead atoms. The molecule has 0 spiro atoms. The number of nitrogens with one attached hydrogen (secondary N) is 2. The third-order valence-electron chi connectivity index (χ3n) is 5.57. The Labute approximate surface area is 185 Å². The summed E-state index contributed by atoms with van der Waals surface area (Å²) in [6.07, 6.45) is 0. The minimum absolute atomic E-state index is 0.155. The third-order valence-corrected chi connectivity index (χ3v) is 5.82. The Morgan fingerprint density at radius 3 is 2.45 bits per heavy atom. The quantitative estimate of drug-likeness (QED) is 0.425. The molecule has 1 unspecified atom stereocenters. The fraction of sp³-hybridized carbons (Fsp3) is 0.120. The van der Waals surface area contributed by atoms with E-state index in [4.69, 9.17) is 16.6 Å². The standard InChI is InChI=1S/C25H21ClN4O/c1-15-7-13-19(14-8-15)28-24(31)22-16(2)27-25-29-20-5-3-4-6-21(20)30(25)23(22)17-9-11-18(26)12-10-17/h3-14,23H,1-2H3,(H,27,29)(H,28,31). The van der Waals surface area contributed by atoms with Gasteiger partial charge in [-0.1, -0.05) is 53.6 Å². The highest BCUT2D eigenvalue weighted by Gasteiger charge is 2.34. The predicted octanol–water partition coefficient (Wildman–Crippen LogP) is 5.93. The van der Waals surface area contributed by atoms with Crippen LogP contribution < -0.4 is 10.6 Å². The van der Waals surface area contributed by atoms with Crippen molar-refractivity contribution in [1.82, 2.24) is 9.55 Å². The third kappa shape index (κ3) is 3.47. The normalized spacial score (nSPS) is 15.5. The molecular weight excluding hydrogens is 408 g/mol. The summed E-state index contributed by atoms with van der Waals surface area (Å²) in [4.78, 5) is 18.3. The number of halogens is 1. The minimum atomic E-state index is -0.341. The summed E-state index contributed by atoms with van der Waals surface area (Å²) in [6.45, 7) is 3.93. The maximum absolute atomic E-state index is 13.5.